The van der Waals surface area contributed by atoms with E-state index in [1.165, 1.54) is 7.05 Å². The maximum atomic E-state index is 12.4. The molecule has 1 unspecified atom stereocenters. The number of methoxy groups -OCH3 is 1. The maximum absolute atomic E-state index is 12.4. The molecule has 2 aromatic carbocycles. The van der Waals surface area contributed by atoms with Crippen LogP contribution in [0.2, 0.25) is 0 Å². The highest BCUT2D eigenvalue weighted by Gasteiger charge is 2.33. The third-order valence-electron chi connectivity index (χ3n) is 4.96. The van der Waals surface area contributed by atoms with Gasteiger partial charge in [-0.05, 0) is 22.3 Å². The minimum atomic E-state index is -1.36. The van der Waals surface area contributed by atoms with E-state index in [4.69, 9.17) is 4.74 Å². The molecule has 1 amide bonds. The van der Waals surface area contributed by atoms with Crippen LogP contribution < -0.4 is 0 Å². The number of hydrogen-bond acceptors (Lipinski definition) is 5. The highest BCUT2D eigenvalue weighted by molar-refractivity contribution is 5.85. The number of carboxylic acid groups (broad SMARTS) is 1. The van der Waals surface area contributed by atoms with Gasteiger partial charge in [-0.25, -0.2) is 9.59 Å². The number of hydrogen-bond donors (Lipinski definition) is 1. The van der Waals surface area contributed by atoms with E-state index in [1.807, 2.05) is 48.5 Å². The molecule has 0 saturated carbocycles. The molecule has 0 aliphatic heterocycles. The Balaban J connectivity index is 1.74. The zero-order valence-corrected chi connectivity index (χ0v) is 15.6. The summed E-state index contributed by atoms with van der Waals surface area (Å²) in [7, 11) is 2.45. The number of rotatable bonds is 6. The summed E-state index contributed by atoms with van der Waals surface area (Å²) in [5.74, 6) is -2.15. The molecule has 0 fully saturated rings. The third-order valence-corrected chi connectivity index (χ3v) is 4.96. The Morgan fingerprint density at radius 1 is 1.04 bits per heavy atom. The number of carbonyl (C=O) groups is 3. The monoisotopic (exact) mass is 383 g/mol. The van der Waals surface area contributed by atoms with E-state index in [1.54, 1.807) is 0 Å². The molecule has 1 N–H and O–H groups in total. The summed E-state index contributed by atoms with van der Waals surface area (Å²) in [5.41, 5.74) is 4.32. The van der Waals surface area contributed by atoms with Crippen molar-refractivity contribution in [2.45, 2.75) is 18.4 Å². The quantitative estimate of drug-likeness (QED) is 0.771. The van der Waals surface area contributed by atoms with Crippen LogP contribution >= 0.6 is 0 Å². The van der Waals surface area contributed by atoms with Crippen LogP contribution in [0.5, 0.6) is 0 Å². The Kier molecular flexibility index (Phi) is 5.63. The predicted molar refractivity (Wildman–Crippen MR) is 101 cm³/mol. The fourth-order valence-corrected chi connectivity index (χ4v) is 3.45. The van der Waals surface area contributed by atoms with Crippen molar-refractivity contribution in [3.05, 3.63) is 59.7 Å². The summed E-state index contributed by atoms with van der Waals surface area (Å²) in [4.78, 5) is 36.2. The molecule has 0 heterocycles. The molecule has 7 heteroatoms. The minimum Gasteiger partial charge on any atom is -0.480 e. The van der Waals surface area contributed by atoms with Crippen LogP contribution in [0.25, 0.3) is 11.1 Å². The van der Waals surface area contributed by atoms with Gasteiger partial charge in [0.1, 0.15) is 12.6 Å². The molecule has 0 bridgehead atoms. The summed E-state index contributed by atoms with van der Waals surface area (Å²) in [6.07, 6.45) is -1.26. The van der Waals surface area contributed by atoms with Crippen LogP contribution in [-0.4, -0.2) is 54.8 Å². The highest BCUT2D eigenvalue weighted by Crippen LogP contribution is 2.44. The maximum Gasteiger partial charge on any atom is 0.410 e. The number of ether oxygens (including phenoxy) is 2. The number of likely N-dealkylation sites (N-methyl/N-ethyl adjacent to an activating group) is 1. The van der Waals surface area contributed by atoms with E-state index in [0.717, 1.165) is 34.3 Å². The van der Waals surface area contributed by atoms with E-state index in [9.17, 15) is 19.5 Å². The summed E-state index contributed by atoms with van der Waals surface area (Å²) < 4.78 is 9.92. The Bertz CT molecular complexity index is 864. The summed E-state index contributed by atoms with van der Waals surface area (Å²) in [6.45, 7) is 0.0712. The Morgan fingerprint density at radius 3 is 2.07 bits per heavy atom. The first kappa shape index (κ1) is 19.4. The van der Waals surface area contributed by atoms with Crippen LogP contribution in [-0.2, 0) is 19.1 Å². The zero-order chi connectivity index (χ0) is 20.3. The van der Waals surface area contributed by atoms with Crippen molar-refractivity contribution in [2.75, 3.05) is 20.8 Å². The van der Waals surface area contributed by atoms with Crippen LogP contribution in [0, 0.1) is 0 Å². The van der Waals surface area contributed by atoms with Crippen molar-refractivity contribution in [3.63, 3.8) is 0 Å². The van der Waals surface area contributed by atoms with Crippen LogP contribution in [0.4, 0.5) is 4.79 Å². The van der Waals surface area contributed by atoms with Gasteiger partial charge < -0.3 is 14.6 Å². The average molecular weight is 383 g/mol. The number of amides is 1. The minimum absolute atomic E-state index is 0.0712. The first-order valence-corrected chi connectivity index (χ1v) is 8.81. The van der Waals surface area contributed by atoms with Crippen molar-refractivity contribution < 1.29 is 29.0 Å². The molecule has 28 heavy (non-hydrogen) atoms. The lowest BCUT2D eigenvalue weighted by atomic mass is 9.98. The molecule has 3 rings (SSSR count). The second-order valence-corrected chi connectivity index (χ2v) is 6.55. The number of carbonyl (C=O) groups excluding carboxylic acids is 2. The van der Waals surface area contributed by atoms with Gasteiger partial charge in [0.05, 0.1) is 13.5 Å². The molecule has 1 atom stereocenters. The molecule has 0 radical (unpaired) electrons. The lowest BCUT2D eigenvalue weighted by Gasteiger charge is -2.24. The van der Waals surface area contributed by atoms with E-state index in [-0.39, 0.29) is 12.5 Å². The first-order valence-electron chi connectivity index (χ1n) is 8.81. The number of aliphatic carboxylic acids is 1. The number of esters is 1. The van der Waals surface area contributed by atoms with E-state index >= 15 is 0 Å². The van der Waals surface area contributed by atoms with Gasteiger partial charge in [-0.3, -0.25) is 9.69 Å². The molecule has 0 saturated heterocycles. The zero-order valence-electron chi connectivity index (χ0n) is 15.6. The largest absolute Gasteiger partial charge is 0.480 e. The fourth-order valence-electron chi connectivity index (χ4n) is 3.45. The first-order chi connectivity index (χ1) is 13.4. The Morgan fingerprint density at radius 2 is 1.57 bits per heavy atom. The van der Waals surface area contributed by atoms with Crippen molar-refractivity contribution in [1.82, 2.24) is 4.90 Å². The van der Waals surface area contributed by atoms with Gasteiger partial charge in [0, 0.05) is 13.0 Å². The highest BCUT2D eigenvalue weighted by atomic mass is 16.6. The summed E-state index contributed by atoms with van der Waals surface area (Å²) >= 11 is 0. The van der Waals surface area contributed by atoms with Gasteiger partial charge in [0.15, 0.2) is 0 Å². The number of fused-ring (bicyclic) bond motifs is 3. The van der Waals surface area contributed by atoms with Gasteiger partial charge >= 0.3 is 18.0 Å². The molecule has 2 aromatic rings. The van der Waals surface area contributed by atoms with Gasteiger partial charge in [-0.1, -0.05) is 48.5 Å². The van der Waals surface area contributed by atoms with Crippen molar-refractivity contribution in [3.8, 4) is 11.1 Å². The van der Waals surface area contributed by atoms with Crippen LogP contribution in [0.1, 0.15) is 23.5 Å². The summed E-state index contributed by atoms with van der Waals surface area (Å²) in [6, 6.07) is 14.5. The third kappa shape index (κ3) is 3.69. The molecule has 7 nitrogen and oxygen atoms in total. The number of nitrogens with zero attached hydrogens (tertiary/aromatic N) is 1. The van der Waals surface area contributed by atoms with E-state index < -0.39 is 30.5 Å². The lowest BCUT2D eigenvalue weighted by molar-refractivity contribution is -0.150. The average Bonchev–Trinajstić information content (AvgIpc) is 3.03. The van der Waals surface area contributed by atoms with Gasteiger partial charge in [-0.2, -0.15) is 0 Å². The molecule has 0 spiro atoms. The molecular formula is C21H21NO6. The van der Waals surface area contributed by atoms with Crippen molar-refractivity contribution in [1.29, 1.82) is 0 Å². The van der Waals surface area contributed by atoms with Crippen molar-refractivity contribution in [2.24, 2.45) is 0 Å². The Labute approximate surface area is 162 Å². The number of benzene rings is 2. The topological polar surface area (TPSA) is 93.1 Å². The normalized spacial score (nSPS) is 13.2. The molecular weight excluding hydrogens is 362 g/mol. The predicted octanol–water partition coefficient (Wildman–Crippen LogP) is 2.88. The second kappa shape index (κ2) is 8.12. The molecule has 0 aromatic heterocycles. The fraction of sp³-hybridized carbons (Fsp3) is 0.286. The lowest BCUT2D eigenvalue weighted by Crippen LogP contribution is -2.44. The molecule has 146 valence electrons. The van der Waals surface area contributed by atoms with Gasteiger partial charge in [0.25, 0.3) is 0 Å². The van der Waals surface area contributed by atoms with Gasteiger partial charge in [0.2, 0.25) is 0 Å². The molecule has 1 aliphatic carbocycles. The van der Waals surface area contributed by atoms with Crippen LogP contribution in [0.15, 0.2) is 48.5 Å². The van der Waals surface area contributed by atoms with Gasteiger partial charge in [-0.15, -0.1) is 0 Å². The Hall–Kier alpha value is -3.35. The number of carboxylic acids is 1. The smallest absolute Gasteiger partial charge is 0.410 e. The van der Waals surface area contributed by atoms with E-state index in [2.05, 4.69) is 4.74 Å². The second-order valence-electron chi connectivity index (χ2n) is 6.55. The SMILES string of the molecule is COC(=O)CC(C(=O)O)N(C)C(=O)OCC1c2ccccc2-c2ccccc21. The van der Waals surface area contributed by atoms with Crippen LogP contribution in [0.3, 0.4) is 0 Å². The van der Waals surface area contributed by atoms with Crippen molar-refractivity contribution >= 4 is 18.0 Å². The summed E-state index contributed by atoms with van der Waals surface area (Å²) in [5, 5.41) is 9.32. The standard InChI is InChI=1S/C21H21NO6/c1-22(18(20(24)25)11-19(23)27-2)21(26)28-12-17-15-9-5-3-7-13(15)14-8-4-6-10-16(14)17/h3-10,17-18H,11-12H2,1-2H3,(H,24,25). The van der Waals surface area contributed by atoms with E-state index in [0.29, 0.717) is 0 Å². The molecule has 1 aliphatic rings.